The van der Waals surface area contributed by atoms with E-state index in [2.05, 4.69) is 35.8 Å². The largest absolute Gasteiger partial charge is 0.369 e. The molecule has 0 bridgehead atoms. The van der Waals surface area contributed by atoms with E-state index < -0.39 is 0 Å². The minimum atomic E-state index is 0.458. The molecular formula is C22H29N5. The molecule has 1 saturated heterocycles. The van der Waals surface area contributed by atoms with Crippen LogP contribution in [0.15, 0.2) is 23.2 Å². The molecule has 2 aromatic rings. The van der Waals surface area contributed by atoms with Crippen LogP contribution in [0.25, 0.3) is 10.9 Å². The van der Waals surface area contributed by atoms with Crippen molar-refractivity contribution in [1.29, 1.82) is 0 Å². The lowest BCUT2D eigenvalue weighted by Gasteiger charge is -2.28. The van der Waals surface area contributed by atoms with Crippen molar-refractivity contribution >= 4 is 22.4 Å². The Balaban J connectivity index is 1.39. The number of rotatable bonds is 5. The van der Waals surface area contributed by atoms with Crippen molar-refractivity contribution in [3.05, 3.63) is 29.6 Å². The van der Waals surface area contributed by atoms with E-state index in [4.69, 9.17) is 15.0 Å². The highest BCUT2D eigenvalue weighted by atomic mass is 15.1. The Morgan fingerprint density at radius 1 is 1.11 bits per heavy atom. The maximum atomic E-state index is 5.01. The maximum Gasteiger partial charge on any atom is 0.137 e. The number of aryl methyl sites for hydroxylation is 1. The summed E-state index contributed by atoms with van der Waals surface area (Å²) in [5, 5.41) is 8.12. The zero-order valence-electron chi connectivity index (χ0n) is 16.2. The Morgan fingerprint density at radius 2 is 1.93 bits per heavy atom. The minimum absolute atomic E-state index is 0.458. The molecular weight excluding hydrogens is 334 g/mol. The molecule has 2 heterocycles. The van der Waals surface area contributed by atoms with E-state index in [1.165, 1.54) is 24.1 Å². The van der Waals surface area contributed by atoms with Gasteiger partial charge in [-0.05, 0) is 57.6 Å². The van der Waals surface area contributed by atoms with Gasteiger partial charge >= 0.3 is 0 Å². The standard InChI is InChI=1S/C22H29N5/c1-14-2-9-20-19(10-14)22(24-13-15-11-23-12-15)27-21(26-20)16-3-5-17(6-4-16)25-18-7-8-18/h2,9-10,15-16,18,23H,3-8,11-13H2,1H3,(H,24,26,27). The van der Waals surface area contributed by atoms with Gasteiger partial charge in [-0.15, -0.1) is 0 Å². The third-order valence-corrected chi connectivity index (χ3v) is 6.13. The fraction of sp³-hybridized carbons (Fsp3) is 0.591. The van der Waals surface area contributed by atoms with Crippen molar-refractivity contribution in [2.45, 2.75) is 57.4 Å². The van der Waals surface area contributed by atoms with Crippen molar-refractivity contribution in [2.75, 3.05) is 25.0 Å². The van der Waals surface area contributed by atoms with E-state index in [0.717, 1.165) is 67.9 Å². The molecule has 5 heteroatoms. The molecule has 1 aromatic heterocycles. The highest BCUT2D eigenvalue weighted by Crippen LogP contribution is 2.34. The number of benzene rings is 1. The zero-order chi connectivity index (χ0) is 18.2. The number of aliphatic imine (C=N–C) groups is 1. The number of hydrogen-bond donors (Lipinski definition) is 2. The summed E-state index contributed by atoms with van der Waals surface area (Å²) in [6, 6.07) is 7.16. The quantitative estimate of drug-likeness (QED) is 0.847. The molecule has 27 heavy (non-hydrogen) atoms. The molecule has 1 aliphatic heterocycles. The molecule has 2 saturated carbocycles. The van der Waals surface area contributed by atoms with Crippen LogP contribution >= 0.6 is 0 Å². The second-order valence-electron chi connectivity index (χ2n) is 8.56. The van der Waals surface area contributed by atoms with Crippen molar-refractivity contribution in [3.8, 4) is 0 Å². The summed E-state index contributed by atoms with van der Waals surface area (Å²) in [4.78, 5) is 14.8. The van der Waals surface area contributed by atoms with Gasteiger partial charge < -0.3 is 10.6 Å². The van der Waals surface area contributed by atoms with Gasteiger partial charge in [0.15, 0.2) is 0 Å². The number of hydrogen-bond acceptors (Lipinski definition) is 5. The molecule has 3 aliphatic rings. The summed E-state index contributed by atoms with van der Waals surface area (Å²) in [7, 11) is 0. The highest BCUT2D eigenvalue weighted by Gasteiger charge is 2.26. The van der Waals surface area contributed by atoms with Crippen molar-refractivity contribution in [1.82, 2.24) is 15.3 Å². The summed E-state index contributed by atoms with van der Waals surface area (Å²) < 4.78 is 0. The predicted octanol–water partition coefficient (Wildman–Crippen LogP) is 3.83. The number of aromatic nitrogens is 2. The van der Waals surface area contributed by atoms with Crippen LogP contribution in [0.4, 0.5) is 5.82 Å². The first-order chi connectivity index (χ1) is 13.2. The fourth-order valence-corrected chi connectivity index (χ4v) is 4.11. The summed E-state index contributed by atoms with van der Waals surface area (Å²) >= 11 is 0. The average Bonchev–Trinajstić information content (AvgIpc) is 3.45. The van der Waals surface area contributed by atoms with Gasteiger partial charge in [0, 0.05) is 42.6 Å². The molecule has 3 fully saturated rings. The van der Waals surface area contributed by atoms with E-state index in [-0.39, 0.29) is 0 Å². The van der Waals surface area contributed by atoms with Gasteiger partial charge in [-0.25, -0.2) is 9.97 Å². The van der Waals surface area contributed by atoms with Gasteiger partial charge in [0.25, 0.3) is 0 Å². The van der Waals surface area contributed by atoms with E-state index in [1.54, 1.807) is 0 Å². The Hall–Kier alpha value is -2.01. The second kappa shape index (κ2) is 7.19. The van der Waals surface area contributed by atoms with Crippen molar-refractivity contribution < 1.29 is 0 Å². The zero-order valence-corrected chi connectivity index (χ0v) is 16.2. The van der Waals surface area contributed by atoms with Gasteiger partial charge in [-0.2, -0.15) is 0 Å². The normalized spacial score (nSPS) is 23.3. The third kappa shape index (κ3) is 3.84. The Bertz CT molecular complexity index is 856. The van der Waals surface area contributed by atoms with Crippen LogP contribution in [0.2, 0.25) is 0 Å². The number of nitrogens with one attached hydrogen (secondary N) is 2. The van der Waals surface area contributed by atoms with Gasteiger partial charge in [-0.3, -0.25) is 4.99 Å². The van der Waals surface area contributed by atoms with E-state index in [0.29, 0.717) is 17.9 Å². The smallest absolute Gasteiger partial charge is 0.137 e. The van der Waals surface area contributed by atoms with Crippen LogP contribution in [0.5, 0.6) is 0 Å². The molecule has 0 atom stereocenters. The van der Waals surface area contributed by atoms with E-state index >= 15 is 0 Å². The summed E-state index contributed by atoms with van der Waals surface area (Å²) in [5.74, 6) is 3.20. The first-order valence-corrected chi connectivity index (χ1v) is 10.5. The van der Waals surface area contributed by atoms with Gasteiger partial charge in [0.05, 0.1) is 11.6 Å². The first-order valence-electron chi connectivity index (χ1n) is 10.5. The first kappa shape index (κ1) is 17.1. The Labute approximate surface area is 161 Å². The second-order valence-corrected chi connectivity index (χ2v) is 8.56. The molecule has 5 nitrogen and oxygen atoms in total. The lowest BCUT2D eigenvalue weighted by molar-refractivity contribution is 0.365. The lowest BCUT2D eigenvalue weighted by atomic mass is 9.87. The minimum Gasteiger partial charge on any atom is -0.369 e. The van der Waals surface area contributed by atoms with Crippen molar-refractivity contribution in [2.24, 2.45) is 10.9 Å². The van der Waals surface area contributed by atoms with Crippen molar-refractivity contribution in [3.63, 3.8) is 0 Å². The van der Waals surface area contributed by atoms with E-state index in [1.807, 2.05) is 0 Å². The van der Waals surface area contributed by atoms with Gasteiger partial charge in [0.1, 0.15) is 11.6 Å². The van der Waals surface area contributed by atoms with Gasteiger partial charge in [-0.1, -0.05) is 11.6 Å². The van der Waals surface area contributed by atoms with Crippen LogP contribution in [0, 0.1) is 12.8 Å². The highest BCUT2D eigenvalue weighted by molar-refractivity contribution is 5.90. The summed E-state index contributed by atoms with van der Waals surface area (Å²) in [6.07, 6.45) is 7.10. The molecule has 2 aliphatic carbocycles. The Morgan fingerprint density at radius 3 is 2.63 bits per heavy atom. The monoisotopic (exact) mass is 363 g/mol. The predicted molar refractivity (Wildman–Crippen MR) is 111 cm³/mol. The lowest BCUT2D eigenvalue weighted by Crippen LogP contribution is -2.45. The summed E-state index contributed by atoms with van der Waals surface area (Å²) in [6.45, 7) is 5.32. The number of anilines is 1. The van der Waals surface area contributed by atoms with Crippen LogP contribution in [-0.4, -0.2) is 41.4 Å². The molecule has 1 aromatic carbocycles. The SMILES string of the molecule is Cc1ccc2nc(C3CCC(=NC4CC4)CC3)nc(NCC3CNC3)c2c1. The fourth-order valence-electron chi connectivity index (χ4n) is 4.11. The molecule has 0 radical (unpaired) electrons. The van der Waals surface area contributed by atoms with E-state index in [9.17, 15) is 0 Å². The van der Waals surface area contributed by atoms with Crippen LogP contribution in [-0.2, 0) is 0 Å². The number of fused-ring (bicyclic) bond motifs is 1. The van der Waals surface area contributed by atoms with Crippen LogP contribution in [0.3, 0.4) is 0 Å². The topological polar surface area (TPSA) is 62.2 Å². The van der Waals surface area contributed by atoms with Gasteiger partial charge in [0.2, 0.25) is 0 Å². The molecule has 0 spiro atoms. The molecule has 0 unspecified atom stereocenters. The molecule has 0 amide bonds. The van der Waals surface area contributed by atoms with Crippen LogP contribution in [0.1, 0.15) is 55.8 Å². The molecule has 5 rings (SSSR count). The average molecular weight is 364 g/mol. The summed E-state index contributed by atoms with van der Waals surface area (Å²) in [5.41, 5.74) is 3.75. The molecule has 142 valence electrons. The molecule has 2 N–H and O–H groups in total. The third-order valence-electron chi connectivity index (χ3n) is 6.13. The van der Waals surface area contributed by atoms with Crippen LogP contribution < -0.4 is 10.6 Å². The maximum absolute atomic E-state index is 5.01. The Kier molecular flexibility index (Phi) is 4.56. The number of nitrogens with zero attached hydrogens (tertiary/aromatic N) is 3.